The standard InChI is InChI=1S/C19H23N3O/c1-21(17-7-3-2-4-8-17)18-11-13-22(15-18)19(23)10-9-16-6-5-12-20-14-16/h2-8,12,14,18H,9-11,13,15H2,1H3. The summed E-state index contributed by atoms with van der Waals surface area (Å²) in [7, 11) is 2.11. The number of pyridine rings is 1. The maximum absolute atomic E-state index is 12.4. The molecule has 0 bridgehead atoms. The molecule has 1 aliphatic heterocycles. The van der Waals surface area contributed by atoms with Gasteiger partial charge in [-0.25, -0.2) is 0 Å². The summed E-state index contributed by atoms with van der Waals surface area (Å²) in [5.41, 5.74) is 2.33. The van der Waals surface area contributed by atoms with Crippen molar-refractivity contribution in [2.24, 2.45) is 0 Å². The van der Waals surface area contributed by atoms with Gasteiger partial charge in [-0.15, -0.1) is 0 Å². The SMILES string of the molecule is CN(c1ccccc1)C1CCN(C(=O)CCc2cccnc2)C1. The number of anilines is 1. The van der Waals surface area contributed by atoms with Gasteiger partial charge < -0.3 is 9.80 Å². The molecule has 0 spiro atoms. The molecule has 1 saturated heterocycles. The second-order valence-electron chi connectivity index (χ2n) is 6.09. The first kappa shape index (κ1) is 15.5. The molecule has 0 saturated carbocycles. The van der Waals surface area contributed by atoms with E-state index in [1.54, 1.807) is 6.20 Å². The Morgan fingerprint density at radius 1 is 1.26 bits per heavy atom. The van der Waals surface area contributed by atoms with Gasteiger partial charge in [-0.2, -0.15) is 0 Å². The number of amides is 1. The van der Waals surface area contributed by atoms with E-state index in [4.69, 9.17) is 0 Å². The molecule has 1 amide bonds. The number of para-hydroxylation sites is 1. The molecule has 4 heteroatoms. The lowest BCUT2D eigenvalue weighted by molar-refractivity contribution is -0.130. The van der Waals surface area contributed by atoms with E-state index in [9.17, 15) is 4.79 Å². The Morgan fingerprint density at radius 2 is 2.09 bits per heavy atom. The normalized spacial score (nSPS) is 17.3. The monoisotopic (exact) mass is 309 g/mol. The van der Waals surface area contributed by atoms with Crippen molar-refractivity contribution >= 4 is 11.6 Å². The van der Waals surface area contributed by atoms with Crippen molar-refractivity contribution in [1.29, 1.82) is 0 Å². The second kappa shape index (κ2) is 7.27. The van der Waals surface area contributed by atoms with Gasteiger partial charge in [0, 0.05) is 50.7 Å². The van der Waals surface area contributed by atoms with Crippen molar-refractivity contribution in [2.45, 2.75) is 25.3 Å². The topological polar surface area (TPSA) is 36.4 Å². The van der Waals surface area contributed by atoms with Crippen LogP contribution in [0.1, 0.15) is 18.4 Å². The minimum Gasteiger partial charge on any atom is -0.370 e. The maximum Gasteiger partial charge on any atom is 0.222 e. The minimum absolute atomic E-state index is 0.248. The van der Waals surface area contributed by atoms with Gasteiger partial charge >= 0.3 is 0 Å². The summed E-state index contributed by atoms with van der Waals surface area (Å²) < 4.78 is 0. The third-order valence-corrected chi connectivity index (χ3v) is 4.58. The van der Waals surface area contributed by atoms with Crippen molar-refractivity contribution in [3.05, 3.63) is 60.4 Å². The third kappa shape index (κ3) is 3.89. The van der Waals surface area contributed by atoms with Crippen LogP contribution in [0.4, 0.5) is 5.69 Å². The molecule has 23 heavy (non-hydrogen) atoms. The number of carbonyl (C=O) groups excluding carboxylic acids is 1. The molecule has 2 heterocycles. The van der Waals surface area contributed by atoms with Crippen LogP contribution in [-0.4, -0.2) is 42.0 Å². The number of hydrogen-bond acceptors (Lipinski definition) is 3. The summed E-state index contributed by atoms with van der Waals surface area (Å²) >= 11 is 0. The second-order valence-corrected chi connectivity index (χ2v) is 6.09. The van der Waals surface area contributed by atoms with Crippen LogP contribution in [0.3, 0.4) is 0 Å². The molecule has 1 aromatic heterocycles. The molecule has 3 rings (SSSR count). The summed E-state index contributed by atoms with van der Waals surface area (Å²) in [5, 5.41) is 0. The Bertz CT molecular complexity index is 630. The van der Waals surface area contributed by atoms with Crippen molar-refractivity contribution < 1.29 is 4.79 Å². The van der Waals surface area contributed by atoms with Gasteiger partial charge in [-0.05, 0) is 36.6 Å². The quantitative estimate of drug-likeness (QED) is 0.852. The largest absolute Gasteiger partial charge is 0.370 e. The predicted molar refractivity (Wildman–Crippen MR) is 92.4 cm³/mol. The first-order valence-corrected chi connectivity index (χ1v) is 8.18. The van der Waals surface area contributed by atoms with Gasteiger partial charge in [-0.3, -0.25) is 9.78 Å². The lowest BCUT2D eigenvalue weighted by Crippen LogP contribution is -2.36. The number of rotatable bonds is 5. The van der Waals surface area contributed by atoms with E-state index in [2.05, 4.69) is 41.2 Å². The first-order valence-electron chi connectivity index (χ1n) is 8.18. The molecular formula is C19H23N3O. The number of hydrogen-bond donors (Lipinski definition) is 0. The third-order valence-electron chi connectivity index (χ3n) is 4.58. The molecule has 0 aliphatic carbocycles. The predicted octanol–water partition coefficient (Wildman–Crippen LogP) is 2.75. The number of likely N-dealkylation sites (N-methyl/N-ethyl adjacent to an activating group) is 1. The lowest BCUT2D eigenvalue weighted by Gasteiger charge is -2.27. The number of aryl methyl sites for hydroxylation is 1. The van der Waals surface area contributed by atoms with Crippen molar-refractivity contribution in [2.75, 3.05) is 25.0 Å². The molecule has 0 radical (unpaired) electrons. The maximum atomic E-state index is 12.4. The van der Waals surface area contributed by atoms with Crippen molar-refractivity contribution in [3.8, 4) is 0 Å². The highest BCUT2D eigenvalue weighted by Gasteiger charge is 2.28. The molecule has 1 aromatic carbocycles. The summed E-state index contributed by atoms with van der Waals surface area (Å²) in [6, 6.07) is 14.7. The van der Waals surface area contributed by atoms with E-state index in [1.165, 1.54) is 5.69 Å². The smallest absolute Gasteiger partial charge is 0.222 e. The van der Waals surface area contributed by atoms with Crippen LogP contribution >= 0.6 is 0 Å². The number of likely N-dealkylation sites (tertiary alicyclic amines) is 1. The highest BCUT2D eigenvalue weighted by Crippen LogP contribution is 2.21. The Morgan fingerprint density at radius 3 is 2.83 bits per heavy atom. The van der Waals surface area contributed by atoms with Gasteiger partial charge in [0.25, 0.3) is 0 Å². The van der Waals surface area contributed by atoms with E-state index < -0.39 is 0 Å². The van der Waals surface area contributed by atoms with Crippen LogP contribution in [0.25, 0.3) is 0 Å². The lowest BCUT2D eigenvalue weighted by atomic mass is 10.1. The van der Waals surface area contributed by atoms with Gasteiger partial charge in [0.1, 0.15) is 0 Å². The Balaban J connectivity index is 1.52. The average molecular weight is 309 g/mol. The number of carbonyl (C=O) groups is 1. The van der Waals surface area contributed by atoms with Crippen molar-refractivity contribution in [3.63, 3.8) is 0 Å². The van der Waals surface area contributed by atoms with Crippen LogP contribution in [0, 0.1) is 0 Å². The molecule has 2 aromatic rings. The summed E-state index contributed by atoms with van der Waals surface area (Å²) in [6.07, 6.45) is 5.96. The molecule has 120 valence electrons. The molecule has 1 atom stereocenters. The fourth-order valence-corrected chi connectivity index (χ4v) is 3.11. The number of benzene rings is 1. The Kier molecular flexibility index (Phi) is 4.91. The summed E-state index contributed by atoms with van der Waals surface area (Å²) in [6.45, 7) is 1.67. The van der Waals surface area contributed by atoms with Gasteiger partial charge in [0.05, 0.1) is 0 Å². The van der Waals surface area contributed by atoms with Crippen molar-refractivity contribution in [1.82, 2.24) is 9.88 Å². The van der Waals surface area contributed by atoms with Gasteiger partial charge in [0.2, 0.25) is 5.91 Å². The van der Waals surface area contributed by atoms with Gasteiger partial charge in [-0.1, -0.05) is 24.3 Å². The molecule has 1 unspecified atom stereocenters. The van der Waals surface area contributed by atoms with Crippen LogP contribution in [0.2, 0.25) is 0 Å². The van der Waals surface area contributed by atoms with Crippen LogP contribution in [0.15, 0.2) is 54.9 Å². The number of nitrogens with zero attached hydrogens (tertiary/aromatic N) is 3. The van der Waals surface area contributed by atoms with Crippen LogP contribution in [-0.2, 0) is 11.2 Å². The van der Waals surface area contributed by atoms with E-state index in [1.807, 2.05) is 29.3 Å². The average Bonchev–Trinajstić information content (AvgIpc) is 3.11. The van der Waals surface area contributed by atoms with E-state index in [-0.39, 0.29) is 5.91 Å². The minimum atomic E-state index is 0.248. The fraction of sp³-hybridized carbons (Fsp3) is 0.368. The molecular weight excluding hydrogens is 286 g/mol. The van der Waals surface area contributed by atoms with Crippen LogP contribution in [0.5, 0.6) is 0 Å². The zero-order chi connectivity index (χ0) is 16.1. The first-order chi connectivity index (χ1) is 11.2. The molecule has 0 N–H and O–H groups in total. The summed E-state index contributed by atoms with van der Waals surface area (Å²) in [5.74, 6) is 0.248. The fourth-order valence-electron chi connectivity index (χ4n) is 3.11. The van der Waals surface area contributed by atoms with E-state index in [0.717, 1.165) is 31.5 Å². The molecule has 4 nitrogen and oxygen atoms in total. The zero-order valence-corrected chi connectivity index (χ0v) is 13.6. The van der Waals surface area contributed by atoms with E-state index >= 15 is 0 Å². The Hall–Kier alpha value is -2.36. The van der Waals surface area contributed by atoms with Crippen LogP contribution < -0.4 is 4.90 Å². The van der Waals surface area contributed by atoms with E-state index in [0.29, 0.717) is 12.5 Å². The summed E-state index contributed by atoms with van der Waals surface area (Å²) in [4.78, 5) is 20.8. The Labute approximate surface area is 137 Å². The molecule has 1 fully saturated rings. The highest BCUT2D eigenvalue weighted by atomic mass is 16.2. The van der Waals surface area contributed by atoms with Gasteiger partial charge in [0.15, 0.2) is 0 Å². The highest BCUT2D eigenvalue weighted by molar-refractivity contribution is 5.77. The zero-order valence-electron chi connectivity index (χ0n) is 13.6. The molecule has 1 aliphatic rings. The number of aromatic nitrogens is 1.